The first-order valence-electron chi connectivity index (χ1n) is 13.8. The van der Waals surface area contributed by atoms with Crippen molar-refractivity contribution in [1.82, 2.24) is 10.2 Å². The number of amides is 1. The summed E-state index contributed by atoms with van der Waals surface area (Å²) in [7, 11) is 0. The molecule has 0 bridgehead atoms. The van der Waals surface area contributed by atoms with E-state index in [2.05, 4.69) is 15.1 Å². The van der Waals surface area contributed by atoms with E-state index in [1.165, 1.54) is 0 Å². The van der Waals surface area contributed by atoms with Crippen LogP contribution in [0.25, 0.3) is 0 Å². The third kappa shape index (κ3) is 5.82. The van der Waals surface area contributed by atoms with Crippen LogP contribution in [0.1, 0.15) is 43.8 Å². The van der Waals surface area contributed by atoms with Gasteiger partial charge in [0.15, 0.2) is 11.5 Å². The summed E-state index contributed by atoms with van der Waals surface area (Å²) < 4.78 is 17.2. The number of rotatable bonds is 9. The molecule has 1 unspecified atom stereocenters. The highest BCUT2D eigenvalue weighted by molar-refractivity contribution is 6.32. The Morgan fingerprint density at radius 3 is 2.61 bits per heavy atom. The second-order valence-corrected chi connectivity index (χ2v) is 11.2. The van der Waals surface area contributed by atoms with E-state index in [-0.39, 0.29) is 11.8 Å². The Morgan fingerprint density at radius 2 is 1.84 bits per heavy atom. The van der Waals surface area contributed by atoms with Crippen LogP contribution >= 0.6 is 11.6 Å². The number of carbonyl (C=O) groups is 1. The van der Waals surface area contributed by atoms with E-state index in [1.54, 1.807) is 0 Å². The number of benzene rings is 2. The van der Waals surface area contributed by atoms with Crippen LogP contribution in [-0.2, 0) is 4.79 Å². The van der Waals surface area contributed by atoms with Gasteiger partial charge in [-0.1, -0.05) is 17.7 Å². The van der Waals surface area contributed by atoms with Crippen LogP contribution < -0.4 is 24.4 Å². The number of halogens is 1. The summed E-state index contributed by atoms with van der Waals surface area (Å²) >= 11 is 6.49. The highest BCUT2D eigenvalue weighted by atomic mass is 35.5. The van der Waals surface area contributed by atoms with Crippen molar-refractivity contribution in [2.45, 2.75) is 50.4 Å². The van der Waals surface area contributed by atoms with E-state index in [1.807, 2.05) is 36.4 Å². The van der Waals surface area contributed by atoms with Crippen molar-refractivity contribution >= 4 is 23.2 Å². The number of ether oxygens (including phenoxy) is 3. The maximum atomic E-state index is 13.5. The summed E-state index contributed by atoms with van der Waals surface area (Å²) in [5.74, 6) is 1.87. The number of hydrogen-bond acceptors (Lipinski definition) is 7. The van der Waals surface area contributed by atoms with Gasteiger partial charge in [-0.2, -0.15) is 0 Å². The first-order chi connectivity index (χ1) is 18.5. The minimum absolute atomic E-state index is 0.0203. The molecule has 2 aromatic rings. The van der Waals surface area contributed by atoms with Crippen molar-refractivity contribution < 1.29 is 24.1 Å². The average Bonchev–Trinajstić information content (AvgIpc) is 3.37. The number of carbonyl (C=O) groups excluding carboxylic acids is 1. The summed E-state index contributed by atoms with van der Waals surface area (Å²) in [4.78, 5) is 18.0. The molecule has 3 aliphatic heterocycles. The van der Waals surface area contributed by atoms with Gasteiger partial charge in [-0.15, -0.1) is 0 Å². The fourth-order valence-corrected chi connectivity index (χ4v) is 5.82. The molecule has 38 heavy (non-hydrogen) atoms. The van der Waals surface area contributed by atoms with Crippen LogP contribution in [-0.4, -0.2) is 74.0 Å². The lowest BCUT2D eigenvalue weighted by Gasteiger charge is -2.30. The highest BCUT2D eigenvalue weighted by Crippen LogP contribution is 2.36. The van der Waals surface area contributed by atoms with Crippen molar-refractivity contribution in [3.05, 3.63) is 47.0 Å². The van der Waals surface area contributed by atoms with Gasteiger partial charge in [0.2, 0.25) is 5.91 Å². The smallest absolute Gasteiger partial charge is 0.225 e. The number of nitrogens with one attached hydrogen (secondary N) is 1. The van der Waals surface area contributed by atoms with Gasteiger partial charge in [-0.3, -0.25) is 4.79 Å². The molecule has 0 radical (unpaired) electrons. The molecular formula is C29H36ClN3O5. The summed E-state index contributed by atoms with van der Waals surface area (Å²) in [5.41, 5.74) is 1.72. The van der Waals surface area contributed by atoms with Crippen LogP contribution in [0.15, 0.2) is 36.4 Å². The molecule has 0 aromatic heterocycles. The second kappa shape index (κ2) is 11.2. The normalized spacial score (nSPS) is 22.8. The molecule has 1 saturated carbocycles. The van der Waals surface area contributed by atoms with Gasteiger partial charge < -0.3 is 34.4 Å². The quantitative estimate of drug-likeness (QED) is 0.500. The van der Waals surface area contributed by atoms with Crippen LogP contribution in [0.4, 0.5) is 5.69 Å². The van der Waals surface area contributed by atoms with Gasteiger partial charge in [0.05, 0.1) is 23.1 Å². The fourth-order valence-electron chi connectivity index (χ4n) is 5.60. The zero-order valence-electron chi connectivity index (χ0n) is 21.6. The number of likely N-dealkylation sites (tertiary alicyclic amines) is 1. The number of aliphatic hydroxyl groups excluding tert-OH is 1. The van der Waals surface area contributed by atoms with Gasteiger partial charge in [0, 0.05) is 25.3 Å². The minimum Gasteiger partial charge on any atom is -0.489 e. The molecule has 204 valence electrons. The molecule has 6 rings (SSSR count). The van der Waals surface area contributed by atoms with Crippen LogP contribution in [0.3, 0.4) is 0 Å². The number of fused-ring (bicyclic) bond motifs is 1. The van der Waals surface area contributed by atoms with Crippen molar-refractivity contribution in [2.75, 3.05) is 50.8 Å². The van der Waals surface area contributed by atoms with E-state index in [0.29, 0.717) is 48.9 Å². The van der Waals surface area contributed by atoms with Gasteiger partial charge in [-0.25, -0.2) is 0 Å². The SMILES string of the molecule is O=C(N[C@H](CN1CCCC1)[C@H](O)c1ccc2c(c1)OCCO2)C1CCN(c2ccc(OC3CC3)c(Cl)c2)C1. The molecule has 8 nitrogen and oxygen atoms in total. The summed E-state index contributed by atoms with van der Waals surface area (Å²) in [5, 5.41) is 15.2. The Bertz CT molecular complexity index is 1150. The third-order valence-corrected chi connectivity index (χ3v) is 8.22. The average molecular weight is 542 g/mol. The van der Waals surface area contributed by atoms with Crippen molar-refractivity contribution in [2.24, 2.45) is 5.92 Å². The topological polar surface area (TPSA) is 83.5 Å². The Morgan fingerprint density at radius 1 is 1.05 bits per heavy atom. The number of hydrogen-bond donors (Lipinski definition) is 2. The molecular weight excluding hydrogens is 506 g/mol. The standard InChI is InChI=1S/C29H36ClN3O5/c30-23-16-21(4-8-25(23)38-22-5-6-22)33-12-9-20(17-33)29(35)31-24(18-32-10-1-2-11-32)28(34)19-3-7-26-27(15-19)37-14-13-36-26/h3-4,7-8,15-16,20,22,24,28,34H,1-2,5-6,9-14,17-18H2,(H,31,35)/t20?,24-,28-/m1/s1. The minimum atomic E-state index is -0.856. The summed E-state index contributed by atoms with van der Waals surface area (Å²) in [6.07, 6.45) is 4.65. The van der Waals surface area contributed by atoms with Gasteiger partial charge >= 0.3 is 0 Å². The number of aliphatic hydroxyl groups is 1. The zero-order valence-corrected chi connectivity index (χ0v) is 22.4. The highest BCUT2D eigenvalue weighted by Gasteiger charge is 2.33. The molecule has 9 heteroatoms. The Balaban J connectivity index is 1.12. The fraction of sp³-hybridized carbons (Fsp3) is 0.552. The lowest BCUT2D eigenvalue weighted by molar-refractivity contribution is -0.126. The number of anilines is 1. The molecule has 3 heterocycles. The first kappa shape index (κ1) is 25.6. The van der Waals surface area contributed by atoms with Crippen LogP contribution in [0.2, 0.25) is 5.02 Å². The van der Waals surface area contributed by atoms with Crippen LogP contribution in [0, 0.1) is 5.92 Å². The Kier molecular flexibility index (Phi) is 7.54. The maximum Gasteiger partial charge on any atom is 0.225 e. The van der Waals surface area contributed by atoms with Crippen molar-refractivity contribution in [3.8, 4) is 17.2 Å². The van der Waals surface area contributed by atoms with Gasteiger partial charge in [-0.05, 0) is 81.1 Å². The van der Waals surface area contributed by atoms with Crippen LogP contribution in [0.5, 0.6) is 17.2 Å². The molecule has 0 spiro atoms. The van der Waals surface area contributed by atoms with Gasteiger partial charge in [0.25, 0.3) is 0 Å². The third-order valence-electron chi connectivity index (χ3n) is 7.93. The van der Waals surface area contributed by atoms with E-state index in [9.17, 15) is 9.90 Å². The van der Waals surface area contributed by atoms with E-state index < -0.39 is 12.1 Å². The van der Waals surface area contributed by atoms with E-state index in [4.69, 9.17) is 25.8 Å². The molecule has 2 aromatic carbocycles. The largest absolute Gasteiger partial charge is 0.489 e. The monoisotopic (exact) mass is 541 g/mol. The Labute approximate surface area is 228 Å². The van der Waals surface area contributed by atoms with Crippen molar-refractivity contribution in [1.29, 1.82) is 0 Å². The molecule has 2 saturated heterocycles. The predicted octanol–water partition coefficient (Wildman–Crippen LogP) is 3.79. The van der Waals surface area contributed by atoms with Gasteiger partial charge in [0.1, 0.15) is 25.1 Å². The second-order valence-electron chi connectivity index (χ2n) is 10.8. The molecule has 2 N–H and O–H groups in total. The molecule has 1 amide bonds. The molecule has 3 atom stereocenters. The lowest BCUT2D eigenvalue weighted by atomic mass is 9.99. The molecule has 4 aliphatic rings. The zero-order chi connectivity index (χ0) is 26.1. The lowest BCUT2D eigenvalue weighted by Crippen LogP contribution is -2.48. The first-order valence-corrected chi connectivity index (χ1v) is 14.2. The predicted molar refractivity (Wildman–Crippen MR) is 145 cm³/mol. The number of nitrogens with zero attached hydrogens (tertiary/aromatic N) is 2. The Hall–Kier alpha value is -2.68. The van der Waals surface area contributed by atoms with E-state index >= 15 is 0 Å². The van der Waals surface area contributed by atoms with Crippen molar-refractivity contribution in [3.63, 3.8) is 0 Å². The summed E-state index contributed by atoms with van der Waals surface area (Å²) in [6, 6.07) is 11.0. The maximum absolute atomic E-state index is 13.5. The molecule has 3 fully saturated rings. The molecule has 1 aliphatic carbocycles. The summed E-state index contributed by atoms with van der Waals surface area (Å²) in [6.45, 7) is 4.97. The van der Waals surface area contributed by atoms with E-state index in [0.717, 1.165) is 68.7 Å².